The maximum Gasteiger partial charge on any atom is 0.305 e. The van der Waals surface area contributed by atoms with E-state index in [1.807, 2.05) is 13.0 Å². The van der Waals surface area contributed by atoms with E-state index in [4.69, 9.17) is 16.7 Å². The van der Waals surface area contributed by atoms with E-state index in [0.29, 0.717) is 38.2 Å². The van der Waals surface area contributed by atoms with Crippen molar-refractivity contribution in [1.82, 2.24) is 9.88 Å². The SMILES string of the molecule is Cc1cn(CCC(=O)O)c2cc(-c3ccccc3Cl)c3c(c12)C(=O)NC3=O. The number of aliphatic carboxylic acids is 1. The van der Waals surface area contributed by atoms with Gasteiger partial charge in [-0.15, -0.1) is 0 Å². The molecule has 7 heteroatoms. The minimum Gasteiger partial charge on any atom is -0.481 e. The van der Waals surface area contributed by atoms with Gasteiger partial charge >= 0.3 is 5.97 Å². The Balaban J connectivity index is 2.07. The van der Waals surface area contributed by atoms with E-state index in [1.165, 1.54) is 0 Å². The minimum atomic E-state index is -0.907. The number of benzene rings is 2. The van der Waals surface area contributed by atoms with Crippen molar-refractivity contribution in [3.05, 3.63) is 58.2 Å². The third-order valence-corrected chi connectivity index (χ3v) is 5.10. The van der Waals surface area contributed by atoms with Crippen LogP contribution < -0.4 is 5.32 Å². The largest absolute Gasteiger partial charge is 0.481 e. The third kappa shape index (κ3) is 2.69. The first-order valence-electron chi connectivity index (χ1n) is 8.37. The van der Waals surface area contributed by atoms with Crippen molar-refractivity contribution in [2.24, 2.45) is 0 Å². The summed E-state index contributed by atoms with van der Waals surface area (Å²) in [5, 5.41) is 12.5. The molecule has 2 N–H and O–H groups in total. The van der Waals surface area contributed by atoms with Gasteiger partial charge in [0.1, 0.15) is 0 Å². The van der Waals surface area contributed by atoms with E-state index in [0.717, 1.165) is 5.56 Å². The molecule has 2 amide bonds. The maximum absolute atomic E-state index is 12.5. The van der Waals surface area contributed by atoms with Gasteiger partial charge in [0.15, 0.2) is 0 Å². The molecule has 0 bridgehead atoms. The number of aromatic nitrogens is 1. The number of nitrogens with zero attached hydrogens (tertiary/aromatic N) is 1. The number of fused-ring (bicyclic) bond motifs is 3. The van der Waals surface area contributed by atoms with E-state index < -0.39 is 17.8 Å². The molecule has 0 atom stereocenters. The number of hydrogen-bond donors (Lipinski definition) is 2. The lowest BCUT2D eigenvalue weighted by atomic mass is 9.93. The monoisotopic (exact) mass is 382 g/mol. The fourth-order valence-electron chi connectivity index (χ4n) is 3.65. The van der Waals surface area contributed by atoms with E-state index in [1.54, 1.807) is 35.0 Å². The summed E-state index contributed by atoms with van der Waals surface area (Å²) >= 11 is 6.34. The van der Waals surface area contributed by atoms with E-state index in [-0.39, 0.29) is 13.0 Å². The van der Waals surface area contributed by atoms with Crippen LogP contribution >= 0.6 is 11.6 Å². The number of halogens is 1. The molecular formula is C20H15ClN2O4. The lowest BCUT2D eigenvalue weighted by Crippen LogP contribution is -2.20. The van der Waals surface area contributed by atoms with Crippen LogP contribution in [0.15, 0.2) is 36.5 Å². The number of nitrogens with one attached hydrogen (secondary N) is 1. The molecule has 1 aliphatic rings. The van der Waals surface area contributed by atoms with Gasteiger partial charge in [-0.2, -0.15) is 0 Å². The van der Waals surface area contributed by atoms with Gasteiger partial charge in [0.25, 0.3) is 11.8 Å². The first-order valence-corrected chi connectivity index (χ1v) is 8.75. The highest BCUT2D eigenvalue weighted by Gasteiger charge is 2.34. The lowest BCUT2D eigenvalue weighted by Gasteiger charge is -2.12. The van der Waals surface area contributed by atoms with Gasteiger partial charge in [0.2, 0.25) is 0 Å². The van der Waals surface area contributed by atoms with Crippen LogP contribution in [0.25, 0.3) is 22.0 Å². The van der Waals surface area contributed by atoms with Crippen molar-refractivity contribution in [3.8, 4) is 11.1 Å². The zero-order chi connectivity index (χ0) is 19.3. The summed E-state index contributed by atoms with van der Waals surface area (Å²) < 4.78 is 1.80. The van der Waals surface area contributed by atoms with Gasteiger partial charge in [0, 0.05) is 34.2 Å². The average Bonchev–Trinajstić information content (AvgIpc) is 3.09. The molecule has 27 heavy (non-hydrogen) atoms. The number of carboxylic acids is 1. The number of carbonyl (C=O) groups excluding carboxylic acids is 2. The lowest BCUT2D eigenvalue weighted by molar-refractivity contribution is -0.137. The van der Waals surface area contributed by atoms with Crippen molar-refractivity contribution in [1.29, 1.82) is 0 Å². The Morgan fingerprint density at radius 2 is 1.85 bits per heavy atom. The van der Waals surface area contributed by atoms with Crippen molar-refractivity contribution in [3.63, 3.8) is 0 Å². The van der Waals surface area contributed by atoms with Crippen molar-refractivity contribution in [2.75, 3.05) is 0 Å². The number of imide groups is 1. The molecule has 2 aromatic carbocycles. The number of carboxylic acid groups (broad SMARTS) is 1. The Hall–Kier alpha value is -3.12. The number of aryl methyl sites for hydroxylation is 2. The molecule has 0 spiro atoms. The Kier molecular flexibility index (Phi) is 4.00. The van der Waals surface area contributed by atoms with E-state index in [9.17, 15) is 14.4 Å². The molecule has 3 aromatic rings. The quantitative estimate of drug-likeness (QED) is 0.674. The Labute approximate surface area is 159 Å². The first-order chi connectivity index (χ1) is 12.9. The van der Waals surface area contributed by atoms with Gasteiger partial charge in [-0.25, -0.2) is 0 Å². The highest BCUT2D eigenvalue weighted by Crippen LogP contribution is 2.39. The van der Waals surface area contributed by atoms with Crippen molar-refractivity contribution >= 4 is 40.3 Å². The summed E-state index contributed by atoms with van der Waals surface area (Å²) in [5.74, 6) is -1.81. The molecule has 6 nitrogen and oxygen atoms in total. The molecule has 0 radical (unpaired) electrons. The van der Waals surface area contributed by atoms with Crippen LogP contribution in [0.2, 0.25) is 5.02 Å². The zero-order valence-corrected chi connectivity index (χ0v) is 15.1. The topological polar surface area (TPSA) is 88.4 Å². The Morgan fingerprint density at radius 3 is 2.56 bits per heavy atom. The molecule has 136 valence electrons. The summed E-state index contributed by atoms with van der Waals surface area (Å²) in [4.78, 5) is 36.0. The predicted octanol–water partition coefficient (Wildman–Crippen LogP) is 3.63. The van der Waals surface area contributed by atoms with Crippen LogP contribution in [-0.4, -0.2) is 27.5 Å². The molecule has 0 fully saturated rings. The third-order valence-electron chi connectivity index (χ3n) is 4.77. The summed E-state index contributed by atoms with van der Waals surface area (Å²) in [6, 6.07) is 8.91. The second-order valence-electron chi connectivity index (χ2n) is 6.48. The molecule has 2 heterocycles. The van der Waals surface area contributed by atoms with Crippen LogP contribution in [0, 0.1) is 6.92 Å². The van der Waals surface area contributed by atoms with Crippen LogP contribution in [0.5, 0.6) is 0 Å². The minimum absolute atomic E-state index is 0.0488. The summed E-state index contributed by atoms with van der Waals surface area (Å²) in [7, 11) is 0. The van der Waals surface area contributed by atoms with Crippen LogP contribution in [0.3, 0.4) is 0 Å². The molecule has 0 unspecified atom stereocenters. The standard InChI is InChI=1S/C20H15ClN2O4/c1-10-9-23(7-6-15(24)25)14-8-12(11-4-2-3-5-13(11)21)17-18(16(10)14)20(27)22-19(17)26/h2-5,8-9H,6-7H2,1H3,(H,24,25)(H,22,26,27). The number of rotatable bonds is 4. The molecule has 0 saturated carbocycles. The second-order valence-corrected chi connectivity index (χ2v) is 6.89. The fourth-order valence-corrected chi connectivity index (χ4v) is 3.88. The zero-order valence-electron chi connectivity index (χ0n) is 14.4. The highest BCUT2D eigenvalue weighted by molar-refractivity contribution is 6.35. The van der Waals surface area contributed by atoms with Crippen LogP contribution in [-0.2, 0) is 11.3 Å². The Bertz CT molecular complexity index is 1150. The average molecular weight is 383 g/mol. The highest BCUT2D eigenvalue weighted by atomic mass is 35.5. The Morgan fingerprint density at radius 1 is 1.15 bits per heavy atom. The molecule has 0 aliphatic carbocycles. The van der Waals surface area contributed by atoms with Gasteiger partial charge in [-0.1, -0.05) is 29.8 Å². The van der Waals surface area contributed by atoms with Gasteiger partial charge in [-0.3, -0.25) is 19.7 Å². The predicted molar refractivity (Wildman–Crippen MR) is 101 cm³/mol. The fraction of sp³-hybridized carbons (Fsp3) is 0.150. The molecule has 1 aromatic heterocycles. The molecule has 1 aliphatic heterocycles. The van der Waals surface area contributed by atoms with Crippen molar-refractivity contribution < 1.29 is 19.5 Å². The summed E-state index contributed by atoms with van der Waals surface area (Å²) in [6.07, 6.45) is 1.76. The molecular weight excluding hydrogens is 368 g/mol. The number of hydrogen-bond acceptors (Lipinski definition) is 3. The molecule has 4 rings (SSSR count). The van der Waals surface area contributed by atoms with Gasteiger partial charge in [0.05, 0.1) is 17.5 Å². The first kappa shape index (κ1) is 17.3. The van der Waals surface area contributed by atoms with Gasteiger partial charge in [-0.05, 0) is 30.2 Å². The summed E-state index contributed by atoms with van der Waals surface area (Å²) in [5.41, 5.74) is 3.33. The maximum atomic E-state index is 12.5. The summed E-state index contributed by atoms with van der Waals surface area (Å²) in [6.45, 7) is 2.10. The second kappa shape index (κ2) is 6.25. The van der Waals surface area contributed by atoms with Crippen molar-refractivity contribution in [2.45, 2.75) is 19.9 Å². The van der Waals surface area contributed by atoms with Gasteiger partial charge < -0.3 is 9.67 Å². The van der Waals surface area contributed by atoms with E-state index in [2.05, 4.69) is 5.32 Å². The number of carbonyl (C=O) groups is 3. The normalized spacial score (nSPS) is 13.1. The van der Waals surface area contributed by atoms with E-state index >= 15 is 0 Å². The smallest absolute Gasteiger partial charge is 0.305 e. The number of amides is 2. The van der Waals surface area contributed by atoms with Crippen LogP contribution in [0.4, 0.5) is 0 Å². The molecule has 0 saturated heterocycles. The van der Waals surface area contributed by atoms with Crippen LogP contribution in [0.1, 0.15) is 32.7 Å².